The van der Waals surface area contributed by atoms with Crippen LogP contribution < -0.4 is 5.32 Å². The first-order valence-corrected chi connectivity index (χ1v) is 5.39. The molecule has 1 aromatic carbocycles. The molecule has 0 aliphatic carbocycles. The topological polar surface area (TPSA) is 12.0 Å². The molecule has 0 unspecified atom stereocenters. The fourth-order valence-corrected chi connectivity index (χ4v) is 1.45. The Bertz CT molecular complexity index is 351. The van der Waals surface area contributed by atoms with E-state index in [0.29, 0.717) is 10.0 Å². The normalized spacial score (nSPS) is 11.8. The zero-order chi connectivity index (χ0) is 12.2. The summed E-state index contributed by atoms with van der Waals surface area (Å²) in [5.74, 6) is -0.436. The number of hydrogen-bond acceptors (Lipinski definition) is 1. The highest BCUT2D eigenvalue weighted by atomic mass is 79.9. The highest BCUT2D eigenvalue weighted by Gasteiger charge is 2.25. The van der Waals surface area contributed by atoms with Crippen LogP contribution in [0.2, 0.25) is 0 Å². The average Bonchev–Trinajstić information content (AvgIpc) is 2.13. The molecule has 0 bridgehead atoms. The van der Waals surface area contributed by atoms with E-state index in [-0.39, 0.29) is 13.1 Å². The van der Waals surface area contributed by atoms with Crippen LogP contribution >= 0.6 is 15.9 Å². The van der Waals surface area contributed by atoms with Crippen LogP contribution in [0.4, 0.5) is 17.6 Å². The van der Waals surface area contributed by atoms with Crippen LogP contribution in [0.25, 0.3) is 0 Å². The lowest BCUT2D eigenvalue weighted by atomic mass is 10.2. The van der Waals surface area contributed by atoms with Gasteiger partial charge in [-0.05, 0) is 12.1 Å². The molecule has 0 spiro atoms. The molecule has 0 amide bonds. The molecule has 1 rings (SSSR count). The first kappa shape index (κ1) is 13.4. The maximum atomic E-state index is 13.2. The summed E-state index contributed by atoms with van der Waals surface area (Å²) >= 11 is 3.10. The number of benzene rings is 1. The number of nitrogens with one attached hydrogen (secondary N) is 1. The van der Waals surface area contributed by atoms with E-state index in [1.807, 2.05) is 0 Å². The first-order chi connectivity index (χ1) is 7.38. The molecule has 0 aromatic heterocycles. The minimum absolute atomic E-state index is 0.0925. The van der Waals surface area contributed by atoms with Gasteiger partial charge in [-0.1, -0.05) is 22.0 Å². The predicted octanol–water partition coefficient (Wildman–Crippen LogP) is 3.63. The summed E-state index contributed by atoms with van der Waals surface area (Å²) in [6, 6.07) is 4.45. The van der Waals surface area contributed by atoms with E-state index in [9.17, 15) is 17.6 Å². The van der Waals surface area contributed by atoms with Gasteiger partial charge in [-0.3, -0.25) is 0 Å². The Balaban J connectivity index is 2.38. The van der Waals surface area contributed by atoms with Crippen LogP contribution in [0.15, 0.2) is 22.7 Å². The summed E-state index contributed by atoms with van der Waals surface area (Å²) < 4.78 is 49.2. The van der Waals surface area contributed by atoms with E-state index in [2.05, 4.69) is 21.2 Å². The van der Waals surface area contributed by atoms with Crippen molar-refractivity contribution in [3.8, 4) is 0 Å². The number of rotatable bonds is 4. The SMILES string of the molecule is Fc1cc(Br)ccc1CNCCC(F)(F)F. The smallest absolute Gasteiger partial charge is 0.312 e. The Morgan fingerprint density at radius 3 is 2.50 bits per heavy atom. The molecule has 0 aliphatic heterocycles. The molecule has 0 heterocycles. The molecule has 0 fully saturated rings. The highest BCUT2D eigenvalue weighted by Crippen LogP contribution is 2.18. The van der Waals surface area contributed by atoms with Gasteiger partial charge in [0.2, 0.25) is 0 Å². The standard InChI is InChI=1S/C10H10BrF4N/c11-8-2-1-7(9(12)5-8)6-16-4-3-10(13,14)15/h1-2,5,16H,3-4,6H2. The average molecular weight is 300 g/mol. The second-order valence-electron chi connectivity index (χ2n) is 3.28. The third-order valence-corrected chi connectivity index (χ3v) is 2.41. The van der Waals surface area contributed by atoms with Gasteiger partial charge >= 0.3 is 6.18 Å². The molecule has 0 radical (unpaired) electrons. The van der Waals surface area contributed by atoms with Crippen LogP contribution in [-0.2, 0) is 6.54 Å². The Hall–Kier alpha value is -0.620. The summed E-state index contributed by atoms with van der Waals surface area (Å²) in [5.41, 5.74) is 0.352. The molecule has 0 aliphatic rings. The van der Waals surface area contributed by atoms with Crippen molar-refractivity contribution in [1.82, 2.24) is 5.32 Å². The minimum Gasteiger partial charge on any atom is -0.312 e. The van der Waals surface area contributed by atoms with Crippen LogP contribution in [-0.4, -0.2) is 12.7 Å². The van der Waals surface area contributed by atoms with Crippen molar-refractivity contribution in [2.45, 2.75) is 19.1 Å². The van der Waals surface area contributed by atoms with E-state index in [1.54, 1.807) is 6.07 Å². The third-order valence-electron chi connectivity index (χ3n) is 1.92. The summed E-state index contributed by atoms with van der Waals surface area (Å²) in [5, 5.41) is 2.54. The van der Waals surface area contributed by atoms with Gasteiger partial charge in [-0.25, -0.2) is 4.39 Å². The molecule has 6 heteroatoms. The molecule has 0 atom stereocenters. The Kier molecular flexibility index (Phi) is 4.73. The Morgan fingerprint density at radius 2 is 1.94 bits per heavy atom. The van der Waals surface area contributed by atoms with Gasteiger partial charge < -0.3 is 5.32 Å². The van der Waals surface area contributed by atoms with Gasteiger partial charge in [0.1, 0.15) is 5.82 Å². The molecule has 0 saturated heterocycles. The van der Waals surface area contributed by atoms with Crippen molar-refractivity contribution in [2.24, 2.45) is 0 Å². The first-order valence-electron chi connectivity index (χ1n) is 4.60. The molecule has 1 aromatic rings. The Labute approximate surface area is 99.0 Å². The minimum atomic E-state index is -4.18. The monoisotopic (exact) mass is 299 g/mol. The van der Waals surface area contributed by atoms with E-state index >= 15 is 0 Å². The van der Waals surface area contributed by atoms with Crippen molar-refractivity contribution in [3.63, 3.8) is 0 Å². The number of alkyl halides is 3. The molecule has 16 heavy (non-hydrogen) atoms. The summed E-state index contributed by atoms with van der Waals surface area (Å²) in [4.78, 5) is 0. The molecule has 1 nitrogen and oxygen atoms in total. The van der Waals surface area contributed by atoms with Crippen molar-refractivity contribution in [3.05, 3.63) is 34.1 Å². The lowest BCUT2D eigenvalue weighted by Gasteiger charge is -2.08. The fourth-order valence-electron chi connectivity index (χ4n) is 1.12. The highest BCUT2D eigenvalue weighted by molar-refractivity contribution is 9.10. The second-order valence-corrected chi connectivity index (χ2v) is 4.19. The van der Waals surface area contributed by atoms with Crippen LogP contribution in [0.1, 0.15) is 12.0 Å². The summed E-state index contributed by atoms with van der Waals surface area (Å²) in [7, 11) is 0. The molecule has 90 valence electrons. The molecule has 1 N–H and O–H groups in total. The zero-order valence-electron chi connectivity index (χ0n) is 8.24. The van der Waals surface area contributed by atoms with Gasteiger partial charge in [0.15, 0.2) is 0 Å². The van der Waals surface area contributed by atoms with Gasteiger partial charge in [0, 0.05) is 23.1 Å². The largest absolute Gasteiger partial charge is 0.390 e. The maximum absolute atomic E-state index is 13.2. The zero-order valence-corrected chi connectivity index (χ0v) is 9.83. The van der Waals surface area contributed by atoms with Crippen LogP contribution in [0.3, 0.4) is 0 Å². The number of halogens is 5. The molecular formula is C10H10BrF4N. The summed E-state index contributed by atoms with van der Waals surface area (Å²) in [6.45, 7) is -0.117. The van der Waals surface area contributed by atoms with Gasteiger partial charge in [0.25, 0.3) is 0 Å². The lowest BCUT2D eigenvalue weighted by molar-refractivity contribution is -0.133. The predicted molar refractivity (Wildman–Crippen MR) is 56.5 cm³/mol. The van der Waals surface area contributed by atoms with Crippen LogP contribution in [0, 0.1) is 5.82 Å². The van der Waals surface area contributed by atoms with Gasteiger partial charge in [-0.15, -0.1) is 0 Å². The second kappa shape index (κ2) is 5.63. The van der Waals surface area contributed by atoms with E-state index in [0.717, 1.165) is 0 Å². The van der Waals surface area contributed by atoms with E-state index in [4.69, 9.17) is 0 Å². The fraction of sp³-hybridized carbons (Fsp3) is 0.400. The van der Waals surface area contributed by atoms with Crippen molar-refractivity contribution in [2.75, 3.05) is 6.54 Å². The third kappa shape index (κ3) is 4.94. The van der Waals surface area contributed by atoms with E-state index in [1.165, 1.54) is 12.1 Å². The lowest BCUT2D eigenvalue weighted by Crippen LogP contribution is -2.21. The number of hydrogen-bond donors (Lipinski definition) is 1. The molecule has 0 saturated carbocycles. The quantitative estimate of drug-likeness (QED) is 0.661. The Morgan fingerprint density at radius 1 is 1.25 bits per heavy atom. The van der Waals surface area contributed by atoms with Gasteiger partial charge in [-0.2, -0.15) is 13.2 Å². The van der Waals surface area contributed by atoms with Crippen LogP contribution in [0.5, 0.6) is 0 Å². The van der Waals surface area contributed by atoms with Crippen molar-refractivity contribution in [1.29, 1.82) is 0 Å². The van der Waals surface area contributed by atoms with E-state index < -0.39 is 18.4 Å². The van der Waals surface area contributed by atoms with Gasteiger partial charge in [0.05, 0.1) is 6.42 Å². The molecular weight excluding hydrogens is 290 g/mol. The van der Waals surface area contributed by atoms with Crippen molar-refractivity contribution >= 4 is 15.9 Å². The maximum Gasteiger partial charge on any atom is 0.390 e. The van der Waals surface area contributed by atoms with Crippen molar-refractivity contribution < 1.29 is 17.6 Å². The summed E-state index contributed by atoms with van der Waals surface area (Å²) in [6.07, 6.45) is -5.09.